The van der Waals surface area contributed by atoms with E-state index in [9.17, 15) is 9.59 Å². The van der Waals surface area contributed by atoms with E-state index in [2.05, 4.69) is 9.97 Å². The van der Waals surface area contributed by atoms with Crippen molar-refractivity contribution in [2.45, 2.75) is 45.4 Å². The fourth-order valence-electron chi connectivity index (χ4n) is 4.12. The quantitative estimate of drug-likeness (QED) is 0.462. The van der Waals surface area contributed by atoms with Crippen LogP contribution in [-0.4, -0.2) is 46.8 Å². The third-order valence-corrected chi connectivity index (χ3v) is 7.84. The number of carbonyl (C=O) groups excluding carboxylic acids is 1. The van der Waals surface area contributed by atoms with Crippen molar-refractivity contribution in [3.8, 4) is 11.5 Å². The largest absolute Gasteiger partial charge is 0.493 e. The number of rotatable bonds is 10. The van der Waals surface area contributed by atoms with E-state index in [0.29, 0.717) is 48.5 Å². The van der Waals surface area contributed by atoms with Crippen LogP contribution in [0.4, 0.5) is 0 Å². The zero-order valence-corrected chi connectivity index (χ0v) is 20.9. The minimum atomic E-state index is -0.0547. The SMILES string of the molecule is CCOc1ccc(CN(CC)C(=O)CSCc2nc3sc4c(c3c(=O)[nH]2)CCC4)cc1OC. The average molecular weight is 488 g/mol. The Hall–Kier alpha value is -2.52. The summed E-state index contributed by atoms with van der Waals surface area (Å²) >= 11 is 3.11. The first-order valence-electron chi connectivity index (χ1n) is 11.2. The Morgan fingerprint density at radius 1 is 1.27 bits per heavy atom. The Labute approximate surface area is 201 Å². The molecule has 0 radical (unpaired) electrons. The highest BCUT2D eigenvalue weighted by Gasteiger charge is 2.21. The Kier molecular flexibility index (Phi) is 7.60. The smallest absolute Gasteiger partial charge is 0.259 e. The summed E-state index contributed by atoms with van der Waals surface area (Å²) in [5, 5.41) is 0.764. The van der Waals surface area contributed by atoms with Crippen molar-refractivity contribution in [3.05, 3.63) is 50.4 Å². The molecule has 0 atom stereocenters. The number of benzene rings is 1. The molecule has 0 aliphatic heterocycles. The highest BCUT2D eigenvalue weighted by Crippen LogP contribution is 2.34. The van der Waals surface area contributed by atoms with Crippen molar-refractivity contribution in [1.82, 2.24) is 14.9 Å². The van der Waals surface area contributed by atoms with Crippen LogP contribution in [-0.2, 0) is 29.9 Å². The second-order valence-corrected chi connectivity index (χ2v) is 9.94. The molecule has 33 heavy (non-hydrogen) atoms. The molecule has 0 unspecified atom stereocenters. The lowest BCUT2D eigenvalue weighted by atomic mass is 10.2. The van der Waals surface area contributed by atoms with Crippen LogP contribution in [0.2, 0.25) is 0 Å². The number of aromatic nitrogens is 2. The fourth-order valence-corrected chi connectivity index (χ4v) is 6.19. The molecule has 1 aliphatic carbocycles. The first-order valence-corrected chi connectivity index (χ1v) is 13.2. The van der Waals surface area contributed by atoms with Gasteiger partial charge in [-0.2, -0.15) is 0 Å². The number of hydrogen-bond donors (Lipinski definition) is 1. The lowest BCUT2D eigenvalue weighted by Gasteiger charge is -2.21. The van der Waals surface area contributed by atoms with Gasteiger partial charge in [0.25, 0.3) is 5.56 Å². The van der Waals surface area contributed by atoms with E-state index in [1.54, 1.807) is 18.4 Å². The molecular formula is C24H29N3O4S2. The number of nitrogens with zero attached hydrogens (tertiary/aromatic N) is 2. The molecule has 1 aromatic carbocycles. The van der Waals surface area contributed by atoms with E-state index in [0.717, 1.165) is 35.0 Å². The number of H-pyrrole nitrogens is 1. The lowest BCUT2D eigenvalue weighted by Crippen LogP contribution is -2.31. The molecule has 3 aromatic rings. The van der Waals surface area contributed by atoms with Crippen molar-refractivity contribution in [2.75, 3.05) is 26.0 Å². The van der Waals surface area contributed by atoms with Crippen LogP contribution in [0.1, 0.15) is 42.1 Å². The maximum Gasteiger partial charge on any atom is 0.259 e. The molecule has 0 saturated heterocycles. The summed E-state index contributed by atoms with van der Waals surface area (Å²) in [7, 11) is 1.61. The number of carbonyl (C=O) groups is 1. The maximum atomic E-state index is 12.8. The number of aryl methyl sites for hydroxylation is 2. The highest BCUT2D eigenvalue weighted by molar-refractivity contribution is 7.99. The molecule has 2 heterocycles. The zero-order chi connectivity index (χ0) is 23.4. The Morgan fingerprint density at radius 2 is 2.12 bits per heavy atom. The molecule has 1 amide bonds. The van der Waals surface area contributed by atoms with Gasteiger partial charge in [0.15, 0.2) is 11.5 Å². The summed E-state index contributed by atoms with van der Waals surface area (Å²) in [6.45, 7) is 5.57. The third kappa shape index (κ3) is 5.19. The van der Waals surface area contributed by atoms with Crippen LogP contribution in [0.15, 0.2) is 23.0 Å². The van der Waals surface area contributed by atoms with Gasteiger partial charge in [0, 0.05) is 18.0 Å². The number of thioether (sulfide) groups is 1. The van der Waals surface area contributed by atoms with E-state index in [1.165, 1.54) is 22.2 Å². The second-order valence-electron chi connectivity index (χ2n) is 7.87. The Morgan fingerprint density at radius 3 is 2.88 bits per heavy atom. The molecule has 4 rings (SSSR count). The number of aromatic amines is 1. The van der Waals surface area contributed by atoms with Crippen molar-refractivity contribution < 1.29 is 14.3 Å². The number of amides is 1. The van der Waals surface area contributed by atoms with Gasteiger partial charge < -0.3 is 19.4 Å². The predicted octanol–water partition coefficient (Wildman–Crippen LogP) is 4.16. The van der Waals surface area contributed by atoms with Crippen LogP contribution in [0.3, 0.4) is 0 Å². The van der Waals surface area contributed by atoms with Crippen LogP contribution in [0.5, 0.6) is 11.5 Å². The van der Waals surface area contributed by atoms with Crippen molar-refractivity contribution >= 4 is 39.2 Å². The molecule has 0 bridgehead atoms. The van der Waals surface area contributed by atoms with Gasteiger partial charge in [0.1, 0.15) is 10.7 Å². The summed E-state index contributed by atoms with van der Waals surface area (Å²) in [5.41, 5.74) is 2.11. The minimum absolute atomic E-state index is 0.0499. The Balaban J connectivity index is 1.36. The van der Waals surface area contributed by atoms with Crippen molar-refractivity contribution in [3.63, 3.8) is 0 Å². The van der Waals surface area contributed by atoms with Gasteiger partial charge >= 0.3 is 0 Å². The van der Waals surface area contributed by atoms with Crippen LogP contribution in [0.25, 0.3) is 10.2 Å². The van der Waals surface area contributed by atoms with E-state index in [1.807, 2.05) is 36.9 Å². The molecule has 0 saturated carbocycles. The molecule has 176 valence electrons. The van der Waals surface area contributed by atoms with Gasteiger partial charge in [-0.1, -0.05) is 6.07 Å². The number of methoxy groups -OCH3 is 1. The first-order chi connectivity index (χ1) is 16.0. The van der Waals surface area contributed by atoms with Gasteiger partial charge in [0.05, 0.1) is 30.6 Å². The van der Waals surface area contributed by atoms with E-state index in [4.69, 9.17) is 9.47 Å². The highest BCUT2D eigenvalue weighted by atomic mass is 32.2. The fraction of sp³-hybridized carbons (Fsp3) is 0.458. The molecule has 2 aromatic heterocycles. The molecule has 9 heteroatoms. The predicted molar refractivity (Wildman–Crippen MR) is 134 cm³/mol. The maximum absolute atomic E-state index is 12.8. The summed E-state index contributed by atoms with van der Waals surface area (Å²) < 4.78 is 11.0. The van der Waals surface area contributed by atoms with Crippen molar-refractivity contribution in [2.24, 2.45) is 0 Å². The number of nitrogens with one attached hydrogen (secondary N) is 1. The normalized spacial score (nSPS) is 12.7. The van der Waals surface area contributed by atoms with Crippen LogP contribution >= 0.6 is 23.1 Å². The summed E-state index contributed by atoms with van der Waals surface area (Å²) in [4.78, 5) is 36.9. The van der Waals surface area contributed by atoms with E-state index < -0.39 is 0 Å². The summed E-state index contributed by atoms with van der Waals surface area (Å²) in [6, 6.07) is 5.75. The van der Waals surface area contributed by atoms with Gasteiger partial charge in [-0.3, -0.25) is 9.59 Å². The minimum Gasteiger partial charge on any atom is -0.493 e. The van der Waals surface area contributed by atoms with E-state index >= 15 is 0 Å². The molecule has 0 spiro atoms. The summed E-state index contributed by atoms with van der Waals surface area (Å²) in [5.74, 6) is 2.86. The second kappa shape index (κ2) is 10.6. The zero-order valence-electron chi connectivity index (χ0n) is 19.2. The topological polar surface area (TPSA) is 84.5 Å². The van der Waals surface area contributed by atoms with Crippen LogP contribution < -0.4 is 15.0 Å². The number of ether oxygens (including phenoxy) is 2. The third-order valence-electron chi connectivity index (χ3n) is 5.72. The van der Waals surface area contributed by atoms with E-state index in [-0.39, 0.29) is 11.5 Å². The Bertz CT molecular complexity index is 1200. The molecule has 1 N–H and O–H groups in total. The monoisotopic (exact) mass is 487 g/mol. The number of hydrogen-bond acceptors (Lipinski definition) is 7. The number of fused-ring (bicyclic) bond motifs is 3. The van der Waals surface area contributed by atoms with Crippen molar-refractivity contribution in [1.29, 1.82) is 0 Å². The standard InChI is InChI=1S/C24H29N3O4S2/c1-4-27(12-15-9-10-17(31-5-2)18(11-15)30-3)21(28)14-32-13-20-25-23(29)22-16-7-6-8-19(16)33-24(22)26-20/h9-11H,4-8,12-14H2,1-3H3,(H,25,26,29). The average Bonchev–Trinajstić information content (AvgIpc) is 3.39. The first kappa shape index (κ1) is 23.6. The molecule has 7 nitrogen and oxygen atoms in total. The summed E-state index contributed by atoms with van der Waals surface area (Å²) in [6.07, 6.45) is 3.13. The molecular weight excluding hydrogens is 458 g/mol. The lowest BCUT2D eigenvalue weighted by molar-refractivity contribution is -0.128. The van der Waals surface area contributed by atoms with Gasteiger partial charge in [0.2, 0.25) is 5.91 Å². The van der Waals surface area contributed by atoms with Gasteiger partial charge in [-0.25, -0.2) is 4.98 Å². The number of thiophene rings is 1. The van der Waals surface area contributed by atoms with Gasteiger partial charge in [-0.15, -0.1) is 23.1 Å². The van der Waals surface area contributed by atoms with Gasteiger partial charge in [-0.05, 0) is 56.4 Å². The molecule has 0 fully saturated rings. The molecule has 1 aliphatic rings. The van der Waals surface area contributed by atoms with Crippen LogP contribution in [0, 0.1) is 0 Å².